The van der Waals surface area contributed by atoms with Gasteiger partial charge in [0.25, 0.3) is 0 Å². The number of nitrogens with zero attached hydrogens (tertiary/aromatic N) is 2. The quantitative estimate of drug-likeness (QED) is 0.412. The number of hydrogen-bond acceptors (Lipinski definition) is 5. The number of ether oxygens (including phenoxy) is 2. The second-order valence-corrected chi connectivity index (χ2v) is 9.25. The third kappa shape index (κ3) is 5.59. The van der Waals surface area contributed by atoms with Gasteiger partial charge in [-0.3, -0.25) is 9.88 Å². The van der Waals surface area contributed by atoms with Crippen LogP contribution in [0.4, 0.5) is 5.69 Å². The first kappa shape index (κ1) is 24.8. The molecule has 5 heteroatoms. The summed E-state index contributed by atoms with van der Waals surface area (Å²) < 4.78 is 11.0. The number of pyridine rings is 1. The third-order valence-electron chi connectivity index (χ3n) is 6.63. The second kappa shape index (κ2) is 10.9. The largest absolute Gasteiger partial charge is 0.493 e. The van der Waals surface area contributed by atoms with Crippen LogP contribution in [-0.2, 0) is 6.42 Å². The van der Waals surface area contributed by atoms with Crippen molar-refractivity contribution in [2.75, 3.05) is 32.6 Å². The van der Waals surface area contributed by atoms with Gasteiger partial charge in [0.2, 0.25) is 0 Å². The van der Waals surface area contributed by atoms with Crippen LogP contribution in [0.15, 0.2) is 36.5 Å². The Labute approximate surface area is 199 Å². The van der Waals surface area contributed by atoms with Gasteiger partial charge in [-0.1, -0.05) is 6.07 Å². The molecule has 0 unspecified atom stereocenters. The summed E-state index contributed by atoms with van der Waals surface area (Å²) in [6.45, 7) is 15.4. The summed E-state index contributed by atoms with van der Waals surface area (Å²) in [5.74, 6) is 1.43. The topological polar surface area (TPSA) is 46.6 Å². The van der Waals surface area contributed by atoms with Gasteiger partial charge < -0.3 is 14.8 Å². The molecule has 0 fully saturated rings. The first-order valence-electron chi connectivity index (χ1n) is 11.8. The first-order chi connectivity index (χ1) is 15.8. The zero-order chi connectivity index (χ0) is 24.1. The Morgan fingerprint density at radius 3 is 2.18 bits per heavy atom. The highest BCUT2D eigenvalue weighted by Crippen LogP contribution is 2.34. The van der Waals surface area contributed by atoms with Gasteiger partial charge in [0.05, 0.1) is 19.7 Å². The molecule has 5 nitrogen and oxygen atoms in total. The van der Waals surface area contributed by atoms with Crippen LogP contribution in [0.1, 0.15) is 49.9 Å². The highest BCUT2D eigenvalue weighted by Gasteiger charge is 2.14. The van der Waals surface area contributed by atoms with Crippen LogP contribution in [-0.4, -0.2) is 49.3 Å². The maximum Gasteiger partial charge on any atom is 0.162 e. The number of aromatic nitrogens is 1. The molecule has 3 aromatic rings. The van der Waals surface area contributed by atoms with E-state index in [1.54, 1.807) is 14.2 Å². The van der Waals surface area contributed by atoms with Crippen LogP contribution in [0.25, 0.3) is 10.9 Å². The fourth-order valence-corrected chi connectivity index (χ4v) is 4.58. The minimum atomic E-state index is 0.547. The number of hydrogen-bond donors (Lipinski definition) is 1. The van der Waals surface area contributed by atoms with Crippen molar-refractivity contribution in [1.29, 1.82) is 0 Å². The van der Waals surface area contributed by atoms with Crippen molar-refractivity contribution in [3.05, 3.63) is 58.8 Å². The van der Waals surface area contributed by atoms with E-state index in [9.17, 15) is 0 Å². The van der Waals surface area contributed by atoms with Crippen LogP contribution in [0, 0.1) is 13.8 Å². The Bertz CT molecular complexity index is 1080. The van der Waals surface area contributed by atoms with Crippen molar-refractivity contribution in [3.8, 4) is 11.5 Å². The number of fused-ring (bicyclic) bond motifs is 1. The van der Waals surface area contributed by atoms with Gasteiger partial charge >= 0.3 is 0 Å². The summed E-state index contributed by atoms with van der Waals surface area (Å²) in [5, 5.41) is 4.75. The molecule has 0 aliphatic carbocycles. The fourth-order valence-electron chi connectivity index (χ4n) is 4.58. The van der Waals surface area contributed by atoms with Crippen LogP contribution < -0.4 is 14.8 Å². The molecule has 0 aliphatic rings. The molecule has 0 saturated carbocycles. The number of rotatable bonds is 10. The van der Waals surface area contributed by atoms with Crippen LogP contribution in [0.2, 0.25) is 0 Å². The Morgan fingerprint density at radius 1 is 0.879 bits per heavy atom. The van der Waals surface area contributed by atoms with E-state index < -0.39 is 0 Å². The molecule has 0 atom stereocenters. The summed E-state index contributed by atoms with van der Waals surface area (Å²) in [6, 6.07) is 11.6. The smallest absolute Gasteiger partial charge is 0.162 e. The van der Waals surface area contributed by atoms with Crippen molar-refractivity contribution < 1.29 is 9.47 Å². The lowest BCUT2D eigenvalue weighted by molar-refractivity contribution is 0.182. The Balaban J connectivity index is 1.81. The summed E-state index contributed by atoms with van der Waals surface area (Å²) in [4.78, 5) is 7.06. The molecule has 178 valence electrons. The Kier molecular flexibility index (Phi) is 8.20. The maximum absolute atomic E-state index is 5.53. The first-order valence-corrected chi connectivity index (χ1v) is 11.8. The lowest BCUT2D eigenvalue weighted by atomic mass is 9.94. The maximum atomic E-state index is 5.53. The van der Waals surface area contributed by atoms with E-state index in [1.807, 2.05) is 18.3 Å². The molecule has 0 saturated heterocycles. The molecule has 0 amide bonds. The fraction of sp³-hybridized carbons (Fsp3) is 0.464. The van der Waals surface area contributed by atoms with E-state index in [0.717, 1.165) is 36.2 Å². The van der Waals surface area contributed by atoms with Crippen molar-refractivity contribution in [2.24, 2.45) is 0 Å². The number of anilines is 1. The second-order valence-electron chi connectivity index (χ2n) is 9.25. The molecule has 3 rings (SSSR count). The van der Waals surface area contributed by atoms with E-state index in [1.165, 1.54) is 27.9 Å². The van der Waals surface area contributed by atoms with E-state index in [2.05, 4.69) is 74.9 Å². The zero-order valence-corrected chi connectivity index (χ0v) is 21.5. The molecule has 33 heavy (non-hydrogen) atoms. The molecular weight excluding hydrogens is 410 g/mol. The van der Waals surface area contributed by atoms with E-state index in [0.29, 0.717) is 17.8 Å². The van der Waals surface area contributed by atoms with Gasteiger partial charge in [-0.2, -0.15) is 0 Å². The molecule has 1 N–H and O–H groups in total. The minimum absolute atomic E-state index is 0.547. The van der Waals surface area contributed by atoms with Gasteiger partial charge in [0.1, 0.15) is 0 Å². The van der Waals surface area contributed by atoms with Crippen molar-refractivity contribution in [2.45, 2.75) is 60.0 Å². The minimum Gasteiger partial charge on any atom is -0.493 e. The Morgan fingerprint density at radius 2 is 1.55 bits per heavy atom. The number of methoxy groups -OCH3 is 2. The summed E-state index contributed by atoms with van der Waals surface area (Å²) in [7, 11) is 3.32. The van der Waals surface area contributed by atoms with E-state index in [-0.39, 0.29) is 0 Å². The van der Waals surface area contributed by atoms with Gasteiger partial charge in [0.15, 0.2) is 11.5 Å². The molecule has 0 aliphatic heterocycles. The standard InChI is InChI=1S/C28H39N3O2/c1-18(2)31(19(3)4)14-13-30-25-10-9-22(20(5)21(25)6)15-23-11-12-29-26-17-28(33-8)27(32-7)16-24(23)26/h9-12,16-19,30H,13-15H2,1-8H3. The lowest BCUT2D eigenvalue weighted by Gasteiger charge is -2.30. The monoisotopic (exact) mass is 449 g/mol. The average molecular weight is 450 g/mol. The third-order valence-corrected chi connectivity index (χ3v) is 6.63. The predicted molar refractivity (Wildman–Crippen MR) is 139 cm³/mol. The van der Waals surface area contributed by atoms with Crippen molar-refractivity contribution in [1.82, 2.24) is 9.88 Å². The van der Waals surface area contributed by atoms with Crippen LogP contribution >= 0.6 is 0 Å². The summed E-state index contributed by atoms with van der Waals surface area (Å²) >= 11 is 0. The molecule has 0 radical (unpaired) electrons. The van der Waals surface area contributed by atoms with Gasteiger partial charge in [-0.25, -0.2) is 0 Å². The Hall–Kier alpha value is -2.79. The van der Waals surface area contributed by atoms with E-state index in [4.69, 9.17) is 9.47 Å². The molecule has 0 bridgehead atoms. The highest BCUT2D eigenvalue weighted by atomic mass is 16.5. The molecule has 2 aromatic carbocycles. The van der Waals surface area contributed by atoms with Crippen molar-refractivity contribution in [3.63, 3.8) is 0 Å². The molecule has 0 spiro atoms. The molecular formula is C28H39N3O2. The SMILES string of the molecule is COc1cc2nccc(Cc3ccc(NCCN(C(C)C)C(C)C)c(C)c3C)c2cc1OC. The number of nitrogens with one attached hydrogen (secondary N) is 1. The summed E-state index contributed by atoms with van der Waals surface area (Å²) in [6.07, 6.45) is 2.72. The van der Waals surface area contributed by atoms with E-state index >= 15 is 0 Å². The molecule has 1 heterocycles. The van der Waals surface area contributed by atoms with Gasteiger partial charge in [-0.15, -0.1) is 0 Å². The lowest BCUT2D eigenvalue weighted by Crippen LogP contribution is -2.40. The normalized spacial score (nSPS) is 11.6. The van der Waals surface area contributed by atoms with Gasteiger partial charge in [-0.05, 0) is 88.4 Å². The summed E-state index contributed by atoms with van der Waals surface area (Å²) in [5.41, 5.74) is 7.33. The average Bonchev–Trinajstić information content (AvgIpc) is 2.79. The van der Waals surface area contributed by atoms with Gasteiger partial charge in [0, 0.05) is 48.5 Å². The van der Waals surface area contributed by atoms with Crippen LogP contribution in [0.3, 0.4) is 0 Å². The number of benzene rings is 2. The van der Waals surface area contributed by atoms with Crippen LogP contribution in [0.5, 0.6) is 11.5 Å². The zero-order valence-electron chi connectivity index (χ0n) is 21.5. The molecule has 1 aromatic heterocycles. The highest BCUT2D eigenvalue weighted by molar-refractivity contribution is 5.86. The van der Waals surface area contributed by atoms with Crippen molar-refractivity contribution >= 4 is 16.6 Å². The predicted octanol–water partition coefficient (Wildman–Crippen LogP) is 5.99.